The Morgan fingerprint density at radius 1 is 1.18 bits per heavy atom. The van der Waals surface area contributed by atoms with Crippen molar-refractivity contribution in [2.24, 2.45) is 5.73 Å². The summed E-state index contributed by atoms with van der Waals surface area (Å²) in [5.74, 6) is 0. The van der Waals surface area contributed by atoms with E-state index in [1.54, 1.807) is 0 Å². The van der Waals surface area contributed by atoms with Crippen LogP contribution in [0, 0.1) is 0 Å². The third-order valence-electron chi connectivity index (χ3n) is 3.40. The van der Waals surface area contributed by atoms with Crippen molar-refractivity contribution in [2.75, 3.05) is 20.1 Å². The number of hydrogen-bond donors (Lipinski definition) is 1. The van der Waals surface area contributed by atoms with Gasteiger partial charge in [-0.2, -0.15) is 0 Å². The van der Waals surface area contributed by atoms with Crippen molar-refractivity contribution in [3.8, 4) is 0 Å². The first kappa shape index (κ1) is 14.2. The summed E-state index contributed by atoms with van der Waals surface area (Å²) in [6.07, 6.45) is 0. The maximum atomic E-state index is 5.58. The van der Waals surface area contributed by atoms with Gasteiger partial charge in [-0.05, 0) is 30.5 Å². The summed E-state index contributed by atoms with van der Waals surface area (Å²) in [5.41, 5.74) is 8.55. The zero-order valence-corrected chi connectivity index (χ0v) is 11.8. The van der Waals surface area contributed by atoms with Crippen LogP contribution in [-0.4, -0.2) is 25.0 Å². The molecule has 0 aromatic heterocycles. The van der Waals surface area contributed by atoms with E-state index in [9.17, 15) is 0 Å². The number of benzene rings is 1. The molecule has 0 aliphatic carbocycles. The van der Waals surface area contributed by atoms with E-state index in [4.69, 9.17) is 5.73 Å². The maximum Gasteiger partial charge on any atom is 0.0317 e. The monoisotopic (exact) mass is 234 g/mol. The predicted octanol–water partition coefficient (Wildman–Crippen LogP) is 2.94. The van der Waals surface area contributed by atoms with Gasteiger partial charge in [0.1, 0.15) is 0 Å². The van der Waals surface area contributed by atoms with Crippen LogP contribution in [-0.2, 0) is 5.41 Å². The van der Waals surface area contributed by atoms with Gasteiger partial charge in [-0.3, -0.25) is 4.90 Å². The largest absolute Gasteiger partial charge is 0.329 e. The van der Waals surface area contributed by atoms with Crippen molar-refractivity contribution in [1.82, 2.24) is 4.90 Å². The van der Waals surface area contributed by atoms with Gasteiger partial charge < -0.3 is 5.73 Å². The fourth-order valence-corrected chi connectivity index (χ4v) is 1.91. The van der Waals surface area contributed by atoms with Crippen LogP contribution in [0.4, 0.5) is 0 Å². The smallest absolute Gasteiger partial charge is 0.0317 e. The van der Waals surface area contributed by atoms with Gasteiger partial charge in [0.25, 0.3) is 0 Å². The molecule has 0 bridgehead atoms. The van der Waals surface area contributed by atoms with Crippen LogP contribution in [0.3, 0.4) is 0 Å². The first-order valence-corrected chi connectivity index (χ1v) is 6.37. The molecule has 1 aromatic rings. The highest BCUT2D eigenvalue weighted by atomic mass is 15.1. The van der Waals surface area contributed by atoms with Gasteiger partial charge in [-0.15, -0.1) is 0 Å². The summed E-state index contributed by atoms with van der Waals surface area (Å²) in [7, 11) is 2.12. The second kappa shape index (κ2) is 5.65. The van der Waals surface area contributed by atoms with E-state index in [-0.39, 0.29) is 5.41 Å². The molecule has 17 heavy (non-hydrogen) atoms. The summed E-state index contributed by atoms with van der Waals surface area (Å²) in [6, 6.07) is 9.37. The van der Waals surface area contributed by atoms with E-state index in [1.165, 1.54) is 11.1 Å². The molecule has 1 aromatic carbocycles. The zero-order valence-electron chi connectivity index (χ0n) is 11.8. The Hall–Kier alpha value is -0.860. The second-order valence-corrected chi connectivity index (χ2v) is 5.82. The molecule has 0 heterocycles. The molecule has 1 atom stereocenters. The summed E-state index contributed by atoms with van der Waals surface area (Å²) in [5, 5.41) is 0. The number of rotatable bonds is 4. The van der Waals surface area contributed by atoms with Crippen LogP contribution >= 0.6 is 0 Å². The summed E-state index contributed by atoms with van der Waals surface area (Å²) in [4.78, 5) is 2.28. The zero-order chi connectivity index (χ0) is 13.1. The van der Waals surface area contributed by atoms with Crippen LogP contribution in [0.25, 0.3) is 0 Å². The SMILES string of the molecule is CC(c1ccc(C(C)(C)C)cc1)N(C)CCN. The molecule has 2 heteroatoms. The van der Waals surface area contributed by atoms with Crippen molar-refractivity contribution >= 4 is 0 Å². The van der Waals surface area contributed by atoms with Crippen LogP contribution in [0.5, 0.6) is 0 Å². The van der Waals surface area contributed by atoms with Crippen molar-refractivity contribution in [1.29, 1.82) is 0 Å². The molecule has 96 valence electrons. The fourth-order valence-electron chi connectivity index (χ4n) is 1.91. The number of hydrogen-bond acceptors (Lipinski definition) is 2. The minimum absolute atomic E-state index is 0.227. The molecule has 1 unspecified atom stereocenters. The molecule has 0 saturated heterocycles. The number of nitrogens with two attached hydrogens (primary N) is 1. The van der Waals surface area contributed by atoms with Crippen molar-refractivity contribution in [3.05, 3.63) is 35.4 Å². The molecule has 0 fully saturated rings. The van der Waals surface area contributed by atoms with E-state index in [0.29, 0.717) is 12.6 Å². The van der Waals surface area contributed by atoms with Gasteiger partial charge in [0.2, 0.25) is 0 Å². The highest BCUT2D eigenvalue weighted by molar-refractivity contribution is 5.29. The molecule has 0 saturated carbocycles. The molecular weight excluding hydrogens is 208 g/mol. The molecule has 1 rings (SSSR count). The van der Waals surface area contributed by atoms with Crippen LogP contribution in [0.15, 0.2) is 24.3 Å². The standard InChI is InChI=1S/C15H26N2/c1-12(17(5)11-10-16)13-6-8-14(9-7-13)15(2,3)4/h6-9,12H,10-11,16H2,1-5H3. The van der Waals surface area contributed by atoms with Crippen LogP contribution < -0.4 is 5.73 Å². The Morgan fingerprint density at radius 3 is 2.12 bits per heavy atom. The topological polar surface area (TPSA) is 29.3 Å². The number of likely N-dealkylation sites (N-methyl/N-ethyl adjacent to an activating group) is 1. The van der Waals surface area contributed by atoms with Crippen LogP contribution in [0.2, 0.25) is 0 Å². The first-order valence-electron chi connectivity index (χ1n) is 6.37. The van der Waals surface area contributed by atoms with Gasteiger partial charge in [0.05, 0.1) is 0 Å². The fraction of sp³-hybridized carbons (Fsp3) is 0.600. The van der Waals surface area contributed by atoms with Crippen molar-refractivity contribution < 1.29 is 0 Å². The van der Waals surface area contributed by atoms with E-state index < -0.39 is 0 Å². The average Bonchev–Trinajstić information content (AvgIpc) is 2.27. The van der Waals surface area contributed by atoms with Gasteiger partial charge in [-0.1, -0.05) is 45.0 Å². The van der Waals surface area contributed by atoms with E-state index in [2.05, 4.69) is 63.9 Å². The summed E-state index contributed by atoms with van der Waals surface area (Å²) >= 11 is 0. The Labute approximate surface area is 106 Å². The van der Waals surface area contributed by atoms with E-state index in [1.807, 2.05) is 0 Å². The van der Waals surface area contributed by atoms with Crippen LogP contribution in [0.1, 0.15) is 44.9 Å². The third kappa shape index (κ3) is 3.83. The highest BCUT2D eigenvalue weighted by Gasteiger charge is 2.15. The lowest BCUT2D eigenvalue weighted by Crippen LogP contribution is -2.28. The summed E-state index contributed by atoms with van der Waals surface area (Å²) in [6.45, 7) is 10.6. The quantitative estimate of drug-likeness (QED) is 0.868. The van der Waals surface area contributed by atoms with E-state index in [0.717, 1.165) is 6.54 Å². The molecule has 0 spiro atoms. The lowest BCUT2D eigenvalue weighted by atomic mass is 9.86. The third-order valence-corrected chi connectivity index (χ3v) is 3.40. The number of nitrogens with zero attached hydrogens (tertiary/aromatic N) is 1. The summed E-state index contributed by atoms with van der Waals surface area (Å²) < 4.78 is 0. The minimum atomic E-state index is 0.227. The predicted molar refractivity (Wildman–Crippen MR) is 75.2 cm³/mol. The van der Waals surface area contributed by atoms with Crippen molar-refractivity contribution in [3.63, 3.8) is 0 Å². The minimum Gasteiger partial charge on any atom is -0.329 e. The molecule has 0 aliphatic heterocycles. The van der Waals surface area contributed by atoms with Crippen molar-refractivity contribution in [2.45, 2.75) is 39.2 Å². The van der Waals surface area contributed by atoms with Gasteiger partial charge >= 0.3 is 0 Å². The molecular formula is C15H26N2. The van der Waals surface area contributed by atoms with Gasteiger partial charge in [0.15, 0.2) is 0 Å². The second-order valence-electron chi connectivity index (χ2n) is 5.82. The Morgan fingerprint density at radius 2 is 1.71 bits per heavy atom. The lowest BCUT2D eigenvalue weighted by Gasteiger charge is -2.25. The first-order chi connectivity index (χ1) is 7.86. The highest BCUT2D eigenvalue weighted by Crippen LogP contribution is 2.25. The molecule has 0 aliphatic rings. The lowest BCUT2D eigenvalue weighted by molar-refractivity contribution is 0.269. The van der Waals surface area contributed by atoms with E-state index >= 15 is 0 Å². The molecule has 0 radical (unpaired) electrons. The Bertz CT molecular complexity index is 335. The molecule has 2 N–H and O–H groups in total. The average molecular weight is 234 g/mol. The normalized spacial score (nSPS) is 14.1. The van der Waals surface area contributed by atoms with Gasteiger partial charge in [0, 0.05) is 19.1 Å². The van der Waals surface area contributed by atoms with Gasteiger partial charge in [-0.25, -0.2) is 0 Å². The maximum absolute atomic E-state index is 5.58. The Balaban J connectivity index is 2.80. The molecule has 2 nitrogen and oxygen atoms in total. The molecule has 0 amide bonds. The Kier molecular flexibility index (Phi) is 4.72.